The van der Waals surface area contributed by atoms with Crippen molar-refractivity contribution in [1.29, 1.82) is 0 Å². The largest absolute Gasteiger partial charge is 0.464 e. The first-order valence-electron chi connectivity index (χ1n) is 10.5. The highest BCUT2D eigenvalue weighted by atomic mass is 32.1. The second-order valence-electron chi connectivity index (χ2n) is 8.07. The van der Waals surface area contributed by atoms with E-state index in [1.54, 1.807) is 17.5 Å². The number of furan rings is 1. The third-order valence-corrected chi connectivity index (χ3v) is 6.31. The van der Waals surface area contributed by atoms with Crippen LogP contribution in [-0.4, -0.2) is 27.4 Å². The molecule has 1 fully saturated rings. The molecule has 31 heavy (non-hydrogen) atoms. The van der Waals surface area contributed by atoms with Crippen molar-refractivity contribution in [2.75, 3.05) is 4.90 Å². The van der Waals surface area contributed by atoms with Gasteiger partial charge >= 0.3 is 0 Å². The monoisotopic (exact) mass is 438 g/mol. The molecule has 0 radical (unpaired) electrons. The van der Waals surface area contributed by atoms with E-state index < -0.39 is 11.9 Å². The van der Waals surface area contributed by atoms with Crippen molar-refractivity contribution >= 4 is 29.0 Å². The summed E-state index contributed by atoms with van der Waals surface area (Å²) in [6, 6.07) is 8.44. The summed E-state index contributed by atoms with van der Waals surface area (Å²) in [7, 11) is 0. The third kappa shape index (κ3) is 4.54. The Kier molecular flexibility index (Phi) is 6.18. The topological polar surface area (TPSA) is 88.3 Å². The summed E-state index contributed by atoms with van der Waals surface area (Å²) in [6.45, 7) is 5.81. The fraction of sp³-hybridized carbons (Fsp3) is 0.391. The van der Waals surface area contributed by atoms with Gasteiger partial charge in [-0.2, -0.15) is 0 Å². The van der Waals surface area contributed by atoms with Crippen molar-refractivity contribution in [2.45, 2.75) is 58.5 Å². The van der Waals surface area contributed by atoms with Crippen molar-refractivity contribution < 1.29 is 14.0 Å². The number of aryl methyl sites for hydroxylation is 3. The van der Waals surface area contributed by atoms with Crippen molar-refractivity contribution in [2.24, 2.45) is 0 Å². The Bertz CT molecular complexity index is 1070. The molecule has 0 spiro atoms. The number of hydrogen-bond donors (Lipinski definition) is 1. The minimum Gasteiger partial charge on any atom is -0.464 e. The molecule has 0 aliphatic heterocycles. The van der Waals surface area contributed by atoms with Gasteiger partial charge in [-0.15, -0.1) is 5.10 Å². The van der Waals surface area contributed by atoms with E-state index in [9.17, 15) is 9.59 Å². The van der Waals surface area contributed by atoms with Crippen LogP contribution < -0.4 is 10.2 Å². The molecule has 1 atom stereocenters. The van der Waals surface area contributed by atoms with Gasteiger partial charge in [-0.3, -0.25) is 14.5 Å². The second-order valence-corrected chi connectivity index (χ2v) is 8.68. The molecule has 7 nitrogen and oxygen atoms in total. The van der Waals surface area contributed by atoms with Crippen molar-refractivity contribution in [3.63, 3.8) is 0 Å². The van der Waals surface area contributed by atoms with Crippen LogP contribution in [0.3, 0.4) is 0 Å². The number of anilines is 1. The van der Waals surface area contributed by atoms with E-state index in [1.807, 2.05) is 39.0 Å². The summed E-state index contributed by atoms with van der Waals surface area (Å²) in [6.07, 6.45) is 4.09. The molecule has 2 aromatic heterocycles. The van der Waals surface area contributed by atoms with Crippen molar-refractivity contribution in [1.82, 2.24) is 14.9 Å². The minimum absolute atomic E-state index is 0.115. The Hall–Kier alpha value is -3.00. The molecule has 8 heteroatoms. The summed E-state index contributed by atoms with van der Waals surface area (Å²) in [5.74, 6) is 0.452. The molecule has 2 amide bonds. The molecule has 1 saturated carbocycles. The maximum Gasteiger partial charge on any atom is 0.280 e. The van der Waals surface area contributed by atoms with Gasteiger partial charge in [0.25, 0.3) is 11.8 Å². The van der Waals surface area contributed by atoms with Crippen LogP contribution >= 0.6 is 11.5 Å². The Morgan fingerprint density at radius 1 is 1.13 bits per heavy atom. The second kappa shape index (κ2) is 9.01. The molecular weight excluding hydrogens is 412 g/mol. The van der Waals surface area contributed by atoms with Gasteiger partial charge in [0.05, 0.1) is 0 Å². The summed E-state index contributed by atoms with van der Waals surface area (Å²) in [5, 5.41) is 8.69. The average Bonchev–Trinajstić information content (AvgIpc) is 3.51. The zero-order chi connectivity index (χ0) is 22.0. The van der Waals surface area contributed by atoms with Crippen molar-refractivity contribution in [3.8, 4) is 0 Å². The highest BCUT2D eigenvalue weighted by Crippen LogP contribution is 2.32. The third-order valence-electron chi connectivity index (χ3n) is 5.81. The number of nitrogens with zero attached hydrogens (tertiary/aromatic N) is 3. The highest BCUT2D eigenvalue weighted by molar-refractivity contribution is 7.03. The maximum atomic E-state index is 13.6. The summed E-state index contributed by atoms with van der Waals surface area (Å²) < 4.78 is 9.70. The molecule has 4 rings (SSSR count). The van der Waals surface area contributed by atoms with Gasteiger partial charge in [-0.25, -0.2) is 0 Å². The Morgan fingerprint density at radius 2 is 1.90 bits per heavy atom. The first kappa shape index (κ1) is 21.2. The predicted octanol–water partition coefficient (Wildman–Crippen LogP) is 4.50. The molecule has 1 aliphatic carbocycles. The standard InChI is InChI=1S/C23H26N4O3S/c1-14-8-10-18(12-15(14)2)27(23(29)19-13-31-26-25-19)21(20-11-9-16(3)30-20)22(28)24-17-6-4-5-7-17/h8-13,17,21H,4-7H2,1-3H3,(H,24,28)/t21-/m0/s1. The zero-order valence-electron chi connectivity index (χ0n) is 17.9. The van der Waals surface area contributed by atoms with Gasteiger partial charge < -0.3 is 9.73 Å². The minimum atomic E-state index is -0.953. The number of benzene rings is 1. The number of hydrogen-bond acceptors (Lipinski definition) is 6. The molecule has 1 aliphatic rings. The normalized spacial score (nSPS) is 15.1. The smallest absolute Gasteiger partial charge is 0.280 e. The average molecular weight is 439 g/mol. The molecule has 0 saturated heterocycles. The Labute approximate surface area is 185 Å². The molecule has 1 N–H and O–H groups in total. The van der Waals surface area contributed by atoms with Gasteiger partial charge in [-0.1, -0.05) is 23.4 Å². The van der Waals surface area contributed by atoms with Gasteiger partial charge in [-0.05, 0) is 80.5 Å². The van der Waals surface area contributed by atoms with Crippen molar-refractivity contribution in [3.05, 3.63) is 64.1 Å². The van der Waals surface area contributed by atoms with E-state index in [1.165, 1.54) is 4.90 Å². The van der Waals surface area contributed by atoms with Gasteiger partial charge in [0.15, 0.2) is 11.7 Å². The zero-order valence-corrected chi connectivity index (χ0v) is 18.7. The van der Waals surface area contributed by atoms with Crippen LogP contribution in [0.2, 0.25) is 0 Å². The van der Waals surface area contributed by atoms with E-state index in [2.05, 4.69) is 14.9 Å². The molecule has 2 heterocycles. The number of carbonyl (C=O) groups excluding carboxylic acids is 2. The number of aromatic nitrogens is 2. The summed E-state index contributed by atoms with van der Waals surface area (Å²) in [4.78, 5) is 28.6. The van der Waals surface area contributed by atoms with Gasteiger partial charge in [0.2, 0.25) is 0 Å². The molecule has 162 valence electrons. The fourth-order valence-electron chi connectivity index (χ4n) is 3.96. The lowest BCUT2D eigenvalue weighted by atomic mass is 10.1. The van der Waals surface area contributed by atoms with Gasteiger partial charge in [0.1, 0.15) is 11.5 Å². The van der Waals surface area contributed by atoms with Crippen LogP contribution in [0.15, 0.2) is 40.1 Å². The lowest BCUT2D eigenvalue weighted by molar-refractivity contribution is -0.123. The molecule has 1 aromatic carbocycles. The van der Waals surface area contributed by atoms with Crippen LogP contribution in [-0.2, 0) is 4.79 Å². The SMILES string of the molecule is Cc1ccc([C@@H](C(=O)NC2CCCC2)N(C(=O)c2csnn2)c2ccc(C)c(C)c2)o1. The molecule has 0 unspecified atom stereocenters. The number of nitrogens with one attached hydrogen (secondary N) is 1. The molecular formula is C23H26N4O3S. The summed E-state index contributed by atoms with van der Waals surface area (Å²) >= 11 is 1.10. The van der Waals surface area contributed by atoms with Crippen LogP contribution in [0.25, 0.3) is 0 Å². The van der Waals surface area contributed by atoms with Crippen LogP contribution in [0.1, 0.15) is 64.9 Å². The van der Waals surface area contributed by atoms with Crippen LogP contribution in [0.5, 0.6) is 0 Å². The number of carbonyl (C=O) groups is 2. The van der Waals surface area contributed by atoms with Gasteiger partial charge in [0, 0.05) is 17.1 Å². The maximum absolute atomic E-state index is 13.6. The first-order chi connectivity index (χ1) is 14.9. The van der Waals surface area contributed by atoms with E-state index in [0.717, 1.165) is 48.3 Å². The highest BCUT2D eigenvalue weighted by Gasteiger charge is 2.37. The lowest BCUT2D eigenvalue weighted by Gasteiger charge is -2.30. The fourth-order valence-corrected chi connectivity index (χ4v) is 4.39. The quantitative estimate of drug-likeness (QED) is 0.612. The number of amides is 2. The Balaban J connectivity index is 1.80. The summed E-state index contributed by atoms with van der Waals surface area (Å²) in [5.41, 5.74) is 2.94. The first-order valence-corrected chi connectivity index (χ1v) is 11.3. The molecule has 0 bridgehead atoms. The van der Waals surface area contributed by atoms with E-state index in [0.29, 0.717) is 17.2 Å². The Morgan fingerprint density at radius 3 is 2.52 bits per heavy atom. The predicted molar refractivity (Wildman–Crippen MR) is 119 cm³/mol. The van der Waals surface area contributed by atoms with Crippen LogP contribution in [0.4, 0.5) is 5.69 Å². The lowest BCUT2D eigenvalue weighted by Crippen LogP contribution is -2.46. The van der Waals surface area contributed by atoms with Crippen LogP contribution in [0, 0.1) is 20.8 Å². The number of rotatable bonds is 6. The van der Waals surface area contributed by atoms with E-state index in [4.69, 9.17) is 4.42 Å². The molecule has 3 aromatic rings. The van der Waals surface area contributed by atoms with E-state index >= 15 is 0 Å². The van der Waals surface area contributed by atoms with E-state index in [-0.39, 0.29) is 17.6 Å².